The van der Waals surface area contributed by atoms with Crippen LogP contribution >= 0.6 is 0 Å². The molecule has 6 rings (SSSR count). The Bertz CT molecular complexity index is 2540. The number of cyclic esters (lactones) is 1. The molecule has 22 nitrogen and oxygen atoms in total. The fourth-order valence-corrected chi connectivity index (χ4v) is 12.7. The second-order valence-corrected chi connectivity index (χ2v) is 24.1. The number of rotatable bonds is 20. The smallest absolute Gasteiger partial charge is 0.341 e. The normalized spacial score (nSPS) is 37.2. The molecule has 3 fully saturated rings. The number of carbonyl (C=O) groups is 4. The van der Waals surface area contributed by atoms with Gasteiger partial charge in [0.05, 0.1) is 67.2 Å². The molecule has 6 N–H and O–H groups in total. The lowest BCUT2D eigenvalue weighted by atomic mass is 9.74. The molecule has 2 aromatic rings. The van der Waals surface area contributed by atoms with E-state index in [1.165, 1.54) is 34.3 Å². The average molecular weight is 1150 g/mol. The van der Waals surface area contributed by atoms with Gasteiger partial charge in [-0.05, 0) is 112 Å². The summed E-state index contributed by atoms with van der Waals surface area (Å²) in [5.74, 6) is -6.59. The lowest BCUT2D eigenvalue weighted by Crippen LogP contribution is -2.61. The van der Waals surface area contributed by atoms with E-state index in [0.717, 1.165) is 23.9 Å². The van der Waals surface area contributed by atoms with Gasteiger partial charge in [-0.3, -0.25) is 19.2 Å². The van der Waals surface area contributed by atoms with Gasteiger partial charge in [-0.1, -0.05) is 27.7 Å². The minimum absolute atomic E-state index is 0.0248. The van der Waals surface area contributed by atoms with E-state index in [1.807, 2.05) is 50.4 Å². The van der Waals surface area contributed by atoms with Crippen LogP contribution in [0.2, 0.25) is 0 Å². The van der Waals surface area contributed by atoms with Crippen molar-refractivity contribution < 1.29 is 82.2 Å². The van der Waals surface area contributed by atoms with Gasteiger partial charge in [0.15, 0.2) is 18.7 Å². The predicted molar refractivity (Wildman–Crippen MR) is 300 cm³/mol. The van der Waals surface area contributed by atoms with Crippen LogP contribution in [-0.2, 0) is 63.4 Å². The standard InChI is InChI=1S/C59H94N4O18/c1-16-43-59(11,72)51(68)34(5)47(65)31(2)28-57(9,73-14)52(81-56-49(67)42(62(12)13)25-33(4)76-56)35(6)50(36(7)55(71)78-43)80-45-29-58(10,74-15)53(37(8)77-45)79-44(64)19-20-60-21-23-75-24-22-61-39-26-38-18-17-32(3)63-30-41(54(69)70)48(66)40(27-39)46(38)63/h26-27,30-37,42-43,45,49-53,56,60-61,67-68,72H,16-25,28-29H2,1-15H3,(H,69,70)/t31-,32?,33-,34+,35+,36-,37+,42+,43-,45+,49-,50+,51-,52-,53+,56+,57-,58-,59-/m1/s1. The first-order valence-corrected chi connectivity index (χ1v) is 28.9. The van der Waals surface area contributed by atoms with Crippen LogP contribution in [0.5, 0.6) is 0 Å². The van der Waals surface area contributed by atoms with Crippen molar-refractivity contribution in [2.24, 2.45) is 23.7 Å². The van der Waals surface area contributed by atoms with E-state index in [4.69, 9.17) is 42.6 Å². The van der Waals surface area contributed by atoms with Crippen LogP contribution in [0, 0.1) is 23.7 Å². The third kappa shape index (κ3) is 14.9. The lowest BCUT2D eigenvalue weighted by Gasteiger charge is -2.50. The summed E-state index contributed by atoms with van der Waals surface area (Å²) < 4.78 is 59.0. The molecular weight excluding hydrogens is 1050 g/mol. The fourth-order valence-electron chi connectivity index (χ4n) is 12.7. The molecule has 1 aromatic carbocycles. The number of anilines is 1. The molecule has 0 saturated carbocycles. The maximum atomic E-state index is 14.6. The number of aryl methyl sites for hydroxylation is 1. The number of aromatic carboxylic acids is 1. The largest absolute Gasteiger partial charge is 0.477 e. The number of aliphatic hydroxyl groups is 3. The van der Waals surface area contributed by atoms with Gasteiger partial charge in [-0.25, -0.2) is 4.79 Å². The first-order chi connectivity index (χ1) is 38.0. The number of Topliss-reactive ketones (excluding diaryl/α,β-unsaturated/α-hetero) is 1. The number of esters is 2. The van der Waals surface area contributed by atoms with Crippen molar-refractivity contribution in [2.45, 2.75) is 211 Å². The number of methoxy groups -OCH3 is 2. The second-order valence-electron chi connectivity index (χ2n) is 24.1. The molecule has 19 atom stereocenters. The van der Waals surface area contributed by atoms with Crippen molar-refractivity contribution in [1.29, 1.82) is 0 Å². The molecule has 4 aliphatic rings. The van der Waals surface area contributed by atoms with Crippen LogP contribution in [0.15, 0.2) is 23.1 Å². The van der Waals surface area contributed by atoms with Crippen molar-refractivity contribution >= 4 is 40.3 Å². The number of hydrogen-bond acceptors (Lipinski definition) is 20. The van der Waals surface area contributed by atoms with Gasteiger partial charge >= 0.3 is 17.9 Å². The summed E-state index contributed by atoms with van der Waals surface area (Å²) in [6.45, 7) is 20.9. The number of ketones is 1. The monoisotopic (exact) mass is 1150 g/mol. The minimum atomic E-state index is -2.03. The van der Waals surface area contributed by atoms with Crippen molar-refractivity contribution in [1.82, 2.24) is 14.8 Å². The van der Waals surface area contributed by atoms with Crippen LogP contribution in [-0.4, -0.2) is 199 Å². The third-order valence-electron chi connectivity index (χ3n) is 17.7. The highest BCUT2D eigenvalue weighted by molar-refractivity contribution is 5.95. The second kappa shape index (κ2) is 27.7. The van der Waals surface area contributed by atoms with Gasteiger partial charge in [0.2, 0.25) is 5.43 Å². The van der Waals surface area contributed by atoms with E-state index in [9.17, 15) is 44.4 Å². The van der Waals surface area contributed by atoms with E-state index in [-0.39, 0.29) is 55.2 Å². The zero-order valence-electron chi connectivity index (χ0n) is 50.4. The molecule has 0 radical (unpaired) electrons. The van der Waals surface area contributed by atoms with Gasteiger partial charge in [0.25, 0.3) is 0 Å². The zero-order valence-corrected chi connectivity index (χ0v) is 50.4. The highest BCUT2D eigenvalue weighted by atomic mass is 16.7. The fraction of sp³-hybridized carbons (Fsp3) is 0.780. The Balaban J connectivity index is 1.11. The maximum Gasteiger partial charge on any atom is 0.341 e. The van der Waals surface area contributed by atoms with E-state index < -0.39 is 119 Å². The molecule has 0 amide bonds. The molecule has 4 aliphatic heterocycles. The highest BCUT2D eigenvalue weighted by Gasteiger charge is 2.55. The van der Waals surface area contributed by atoms with Crippen LogP contribution in [0.1, 0.15) is 137 Å². The Kier molecular flexibility index (Phi) is 22.6. The Morgan fingerprint density at radius 3 is 2.19 bits per heavy atom. The number of likely N-dealkylation sites (N-methyl/N-ethyl adjacent to an activating group) is 1. The first-order valence-electron chi connectivity index (χ1n) is 28.9. The molecule has 22 heteroatoms. The van der Waals surface area contributed by atoms with E-state index in [1.54, 1.807) is 47.6 Å². The topological polar surface area (TPSA) is 282 Å². The number of hydrogen-bond donors (Lipinski definition) is 6. The quantitative estimate of drug-likeness (QED) is 0.0779. The van der Waals surface area contributed by atoms with E-state index >= 15 is 0 Å². The summed E-state index contributed by atoms with van der Waals surface area (Å²) in [5, 5.41) is 51.9. The molecule has 0 spiro atoms. The number of carboxylic acid groups (broad SMARTS) is 1. The van der Waals surface area contributed by atoms with E-state index in [0.29, 0.717) is 50.3 Å². The highest BCUT2D eigenvalue weighted by Crippen LogP contribution is 2.43. The van der Waals surface area contributed by atoms with Crippen molar-refractivity contribution in [3.63, 3.8) is 0 Å². The molecule has 1 aromatic heterocycles. The van der Waals surface area contributed by atoms with Gasteiger partial charge in [0.1, 0.15) is 34.8 Å². The summed E-state index contributed by atoms with van der Waals surface area (Å²) in [6, 6.07) is 3.43. The number of nitrogens with zero attached hydrogens (tertiary/aromatic N) is 2. The summed E-state index contributed by atoms with van der Waals surface area (Å²) in [7, 11) is 6.73. The summed E-state index contributed by atoms with van der Waals surface area (Å²) in [4.78, 5) is 69.2. The molecule has 458 valence electrons. The van der Waals surface area contributed by atoms with Crippen LogP contribution in [0.3, 0.4) is 0 Å². The number of carboxylic acids is 1. The number of pyridine rings is 1. The lowest BCUT2D eigenvalue weighted by molar-refractivity contribution is -0.320. The molecule has 3 saturated heterocycles. The Morgan fingerprint density at radius 2 is 1.54 bits per heavy atom. The minimum Gasteiger partial charge on any atom is -0.477 e. The Morgan fingerprint density at radius 1 is 0.877 bits per heavy atom. The Hall–Kier alpha value is -4.17. The van der Waals surface area contributed by atoms with Gasteiger partial charge in [-0.2, -0.15) is 0 Å². The van der Waals surface area contributed by atoms with Crippen LogP contribution in [0.25, 0.3) is 10.9 Å². The number of nitrogens with one attached hydrogen (secondary N) is 2. The summed E-state index contributed by atoms with van der Waals surface area (Å²) in [6.07, 6.45) is -6.52. The van der Waals surface area contributed by atoms with Crippen molar-refractivity contribution in [3.05, 3.63) is 39.7 Å². The molecule has 81 heavy (non-hydrogen) atoms. The van der Waals surface area contributed by atoms with Crippen LogP contribution < -0.4 is 16.1 Å². The molecule has 0 aliphatic carbocycles. The summed E-state index contributed by atoms with van der Waals surface area (Å²) >= 11 is 0. The summed E-state index contributed by atoms with van der Waals surface area (Å²) in [5.41, 5.74) is -2.81. The zero-order chi connectivity index (χ0) is 60.1. The maximum absolute atomic E-state index is 14.6. The SMILES string of the molecule is CC[C@H]1OC(=O)[C@H](C)[C@@H](O[C@H]2C[C@@](C)(OC)[C@@H](OC(=O)CCNCCOCCNc3cc4c5c(c3)c(=O)c(C(=O)O)cn5C(C)CC4)[C@H](C)O2)[C@H](C)[C@@H](O[C@@H]2O[C@H](C)C[C@H](N(C)C)[C@H]2O)[C@](C)(OC)C[C@@H](C)C(=O)[C@H](C)[C@@H](O)[C@]1(C)O. The van der Waals surface area contributed by atoms with Crippen molar-refractivity contribution in [2.75, 3.05) is 66.5 Å². The molecule has 5 heterocycles. The van der Waals surface area contributed by atoms with Gasteiger partial charge < -0.3 is 83.2 Å². The third-order valence-corrected chi connectivity index (χ3v) is 17.7. The molecule has 1 unspecified atom stereocenters. The Labute approximate surface area is 477 Å². The first kappa shape index (κ1) is 66.0. The average Bonchev–Trinajstić information content (AvgIpc) is 3.56. The van der Waals surface area contributed by atoms with Crippen LogP contribution in [0.4, 0.5) is 5.69 Å². The van der Waals surface area contributed by atoms with Crippen molar-refractivity contribution in [3.8, 4) is 0 Å². The number of benzene rings is 1. The molecule has 0 bridgehead atoms. The number of carbonyl (C=O) groups excluding carboxylic acids is 3. The molecular formula is C59H94N4O18. The predicted octanol–water partition coefficient (Wildman–Crippen LogP) is 4.62. The van der Waals surface area contributed by atoms with Gasteiger partial charge in [0, 0.05) is 87.4 Å². The van der Waals surface area contributed by atoms with E-state index in [2.05, 4.69) is 10.6 Å². The number of ether oxygens (including phenoxy) is 9. The van der Waals surface area contributed by atoms with Gasteiger partial charge in [-0.15, -0.1) is 0 Å². The number of aliphatic hydroxyl groups excluding tert-OH is 2. The number of aromatic nitrogens is 1.